The first kappa shape index (κ1) is 13.6. The van der Waals surface area contributed by atoms with Gasteiger partial charge in [0.2, 0.25) is 6.35 Å². The molecule has 0 bridgehead atoms. The first-order valence-corrected chi connectivity index (χ1v) is 6.15. The van der Waals surface area contributed by atoms with Gasteiger partial charge in [0.25, 0.3) is 0 Å². The molecule has 104 valence electrons. The maximum Gasteiger partial charge on any atom is 0.245 e. The van der Waals surface area contributed by atoms with E-state index in [4.69, 9.17) is 4.74 Å². The first-order valence-electron chi connectivity index (χ1n) is 6.15. The Morgan fingerprint density at radius 1 is 1.26 bits per heavy atom. The lowest BCUT2D eigenvalue weighted by Crippen LogP contribution is -2.36. The molecule has 0 amide bonds. The van der Waals surface area contributed by atoms with E-state index < -0.39 is 6.35 Å². The average molecular weight is 264 g/mol. The van der Waals surface area contributed by atoms with Gasteiger partial charge in [-0.05, 0) is 33.6 Å². The molecule has 1 N–H and O–H groups in total. The quantitative estimate of drug-likeness (QED) is 0.890. The number of nitrogens with zero attached hydrogens (tertiary/aromatic N) is 4. The van der Waals surface area contributed by atoms with Crippen molar-refractivity contribution >= 4 is 5.69 Å². The van der Waals surface area contributed by atoms with E-state index in [1.165, 1.54) is 10.0 Å². The zero-order chi connectivity index (χ0) is 14.2. The van der Waals surface area contributed by atoms with Crippen molar-refractivity contribution in [3.63, 3.8) is 0 Å². The maximum atomic E-state index is 10.0. The Morgan fingerprint density at radius 3 is 2.42 bits per heavy atom. The fourth-order valence-corrected chi connectivity index (χ4v) is 1.86. The van der Waals surface area contributed by atoms with Crippen molar-refractivity contribution in [1.82, 2.24) is 5.01 Å². The van der Waals surface area contributed by atoms with Crippen molar-refractivity contribution in [3.05, 3.63) is 23.8 Å². The predicted octanol–water partition coefficient (Wildman–Crippen LogP) is 2.30. The third kappa shape index (κ3) is 2.49. The van der Waals surface area contributed by atoms with Crippen LogP contribution < -0.4 is 9.75 Å². The zero-order valence-electron chi connectivity index (χ0n) is 12.0. The van der Waals surface area contributed by atoms with Crippen molar-refractivity contribution < 1.29 is 9.84 Å². The van der Waals surface area contributed by atoms with Crippen molar-refractivity contribution in [2.45, 2.75) is 32.5 Å². The van der Waals surface area contributed by atoms with Crippen LogP contribution in [0.25, 0.3) is 0 Å². The number of anilines is 1. The van der Waals surface area contributed by atoms with Crippen LogP contribution in [0.3, 0.4) is 0 Å². The summed E-state index contributed by atoms with van der Waals surface area (Å²) >= 11 is 0. The SMILES string of the molecule is COc1ccc(C(C)(C)C)cc1N1N=NN(C)C1O. The van der Waals surface area contributed by atoms with Gasteiger partial charge in [0, 0.05) is 7.05 Å². The van der Waals surface area contributed by atoms with Gasteiger partial charge in [0.15, 0.2) is 0 Å². The van der Waals surface area contributed by atoms with Gasteiger partial charge in [0.05, 0.1) is 7.11 Å². The molecule has 0 saturated heterocycles. The molecule has 1 aromatic rings. The first-order chi connectivity index (χ1) is 8.84. The second-order valence-corrected chi connectivity index (χ2v) is 5.58. The lowest BCUT2D eigenvalue weighted by atomic mass is 9.87. The van der Waals surface area contributed by atoms with Crippen LogP contribution in [-0.4, -0.2) is 30.6 Å². The average Bonchev–Trinajstić information content (AvgIpc) is 2.68. The van der Waals surface area contributed by atoms with Gasteiger partial charge < -0.3 is 9.84 Å². The molecule has 6 heteroatoms. The Kier molecular flexibility index (Phi) is 3.36. The van der Waals surface area contributed by atoms with E-state index in [-0.39, 0.29) is 5.41 Å². The minimum Gasteiger partial charge on any atom is -0.495 e. The highest BCUT2D eigenvalue weighted by Crippen LogP contribution is 2.36. The Hall–Kier alpha value is -1.82. The molecule has 1 atom stereocenters. The van der Waals surface area contributed by atoms with Crippen molar-refractivity contribution in [2.24, 2.45) is 10.4 Å². The van der Waals surface area contributed by atoms with Gasteiger partial charge in [-0.1, -0.05) is 26.8 Å². The number of rotatable bonds is 2. The molecule has 0 radical (unpaired) electrons. The van der Waals surface area contributed by atoms with Crippen molar-refractivity contribution in [3.8, 4) is 5.75 Å². The normalized spacial score (nSPS) is 19.2. The number of aliphatic hydroxyl groups excluding tert-OH is 1. The van der Waals surface area contributed by atoms with E-state index in [1.807, 2.05) is 18.2 Å². The number of hydrogen-bond donors (Lipinski definition) is 1. The molecule has 1 aliphatic heterocycles. The smallest absolute Gasteiger partial charge is 0.245 e. The van der Waals surface area contributed by atoms with Crippen LogP contribution in [0.4, 0.5) is 5.69 Å². The third-order valence-electron chi connectivity index (χ3n) is 3.12. The molecule has 2 rings (SSSR count). The third-order valence-corrected chi connectivity index (χ3v) is 3.12. The van der Waals surface area contributed by atoms with E-state index in [2.05, 4.69) is 31.2 Å². The van der Waals surface area contributed by atoms with Gasteiger partial charge in [-0.15, -0.1) is 0 Å². The lowest BCUT2D eigenvalue weighted by molar-refractivity contribution is 0.0455. The van der Waals surface area contributed by atoms with Crippen LogP contribution >= 0.6 is 0 Å². The lowest BCUT2D eigenvalue weighted by Gasteiger charge is -2.25. The van der Waals surface area contributed by atoms with Gasteiger partial charge in [-0.2, -0.15) is 5.01 Å². The van der Waals surface area contributed by atoms with Gasteiger partial charge in [0.1, 0.15) is 11.4 Å². The minimum atomic E-state index is -0.913. The van der Waals surface area contributed by atoms with Gasteiger partial charge >= 0.3 is 0 Å². The Balaban J connectivity index is 2.46. The topological polar surface area (TPSA) is 60.7 Å². The molecule has 1 aromatic carbocycles. The summed E-state index contributed by atoms with van der Waals surface area (Å²) in [5, 5.41) is 20.6. The molecule has 0 aromatic heterocycles. The standard InChI is InChI=1S/C13H20N4O2/c1-13(2,3)9-6-7-11(19-5)10(8-9)17-12(18)16(4)14-15-17/h6-8,12,18H,1-5H3. The Bertz CT molecular complexity index is 496. The molecule has 1 heterocycles. The molecule has 1 unspecified atom stereocenters. The molecule has 19 heavy (non-hydrogen) atoms. The number of methoxy groups -OCH3 is 1. The highest BCUT2D eigenvalue weighted by molar-refractivity contribution is 5.60. The van der Waals surface area contributed by atoms with E-state index in [0.29, 0.717) is 11.4 Å². The minimum absolute atomic E-state index is 0.00867. The molecule has 0 spiro atoms. The maximum absolute atomic E-state index is 10.0. The van der Waals surface area contributed by atoms with Crippen molar-refractivity contribution in [2.75, 3.05) is 19.2 Å². The molecule has 0 aliphatic carbocycles. The molecule has 6 nitrogen and oxygen atoms in total. The highest BCUT2D eigenvalue weighted by Gasteiger charge is 2.29. The van der Waals surface area contributed by atoms with Crippen LogP contribution in [-0.2, 0) is 5.41 Å². The predicted molar refractivity (Wildman–Crippen MR) is 72.8 cm³/mol. The van der Waals surface area contributed by atoms with E-state index >= 15 is 0 Å². The summed E-state index contributed by atoms with van der Waals surface area (Å²) in [6.07, 6.45) is -0.913. The molecule has 1 aliphatic rings. The van der Waals surface area contributed by atoms with E-state index in [0.717, 1.165) is 5.56 Å². The number of aliphatic hydroxyl groups is 1. The summed E-state index contributed by atoms with van der Waals surface area (Å²) in [4.78, 5) is 0. The summed E-state index contributed by atoms with van der Waals surface area (Å²) in [5.41, 5.74) is 1.85. The van der Waals surface area contributed by atoms with Crippen LogP contribution in [0.2, 0.25) is 0 Å². The van der Waals surface area contributed by atoms with Gasteiger partial charge in [-0.3, -0.25) is 0 Å². The summed E-state index contributed by atoms with van der Waals surface area (Å²) in [6, 6.07) is 5.88. The molecule has 0 fully saturated rings. The van der Waals surface area contributed by atoms with E-state index in [9.17, 15) is 5.11 Å². The summed E-state index contributed by atoms with van der Waals surface area (Å²) in [7, 11) is 3.26. The van der Waals surface area contributed by atoms with E-state index in [1.54, 1.807) is 14.2 Å². The summed E-state index contributed by atoms with van der Waals surface area (Å²) in [5.74, 6) is 0.654. The molecular weight excluding hydrogens is 244 g/mol. The van der Waals surface area contributed by atoms with Crippen LogP contribution in [0.15, 0.2) is 28.6 Å². The Labute approximate surface area is 113 Å². The second kappa shape index (κ2) is 4.70. The summed E-state index contributed by atoms with van der Waals surface area (Å²) < 4.78 is 5.34. The summed E-state index contributed by atoms with van der Waals surface area (Å²) in [6.45, 7) is 6.39. The fourth-order valence-electron chi connectivity index (χ4n) is 1.86. The second-order valence-electron chi connectivity index (χ2n) is 5.58. The van der Waals surface area contributed by atoms with Gasteiger partial charge in [-0.25, -0.2) is 5.01 Å². The largest absolute Gasteiger partial charge is 0.495 e. The van der Waals surface area contributed by atoms with Crippen LogP contribution in [0.5, 0.6) is 5.75 Å². The zero-order valence-corrected chi connectivity index (χ0v) is 12.0. The monoisotopic (exact) mass is 264 g/mol. The fraction of sp³-hybridized carbons (Fsp3) is 0.538. The van der Waals surface area contributed by atoms with Crippen molar-refractivity contribution in [1.29, 1.82) is 0 Å². The number of ether oxygens (including phenoxy) is 1. The Morgan fingerprint density at radius 2 is 1.95 bits per heavy atom. The molecular formula is C13H20N4O2. The number of hydrogen-bond acceptors (Lipinski definition) is 6. The highest BCUT2D eigenvalue weighted by atomic mass is 16.5. The van der Waals surface area contributed by atoms with Crippen LogP contribution in [0, 0.1) is 0 Å². The molecule has 0 saturated carbocycles. The number of benzene rings is 1. The van der Waals surface area contributed by atoms with Crippen LogP contribution in [0.1, 0.15) is 26.3 Å².